The number of rotatable bonds is 0. The van der Waals surface area contributed by atoms with Crippen LogP contribution in [-0.2, 0) is 0 Å². The van der Waals surface area contributed by atoms with Crippen molar-refractivity contribution in [1.82, 2.24) is 0 Å². The molecule has 94 valence electrons. The fourth-order valence-corrected chi connectivity index (χ4v) is 4.03. The summed E-state index contributed by atoms with van der Waals surface area (Å²) in [6, 6.07) is 0. The lowest BCUT2D eigenvalue weighted by atomic mass is 9.80. The quantitative estimate of drug-likeness (QED) is 0.512. The van der Waals surface area contributed by atoms with E-state index in [0.29, 0.717) is 0 Å². The second kappa shape index (κ2) is 5.42. The molecule has 17 heavy (non-hydrogen) atoms. The minimum Gasteiger partial charge on any atom is -0.0670 e. The number of fused-ring (bicyclic) bond motifs is 1. The Bertz CT molecular complexity index is 332. The van der Waals surface area contributed by atoms with E-state index in [1.54, 1.807) is 5.57 Å². The molecule has 0 amide bonds. The molecule has 0 spiro atoms. The topological polar surface area (TPSA) is 0 Å². The Morgan fingerprint density at radius 2 is 1.35 bits per heavy atom. The fraction of sp³-hybridized carbons (Fsp3) is 0.765. The highest BCUT2D eigenvalue weighted by Gasteiger charge is 2.21. The molecule has 1 unspecified atom stereocenters. The average molecular weight is 230 g/mol. The minimum atomic E-state index is 0.956. The maximum absolute atomic E-state index is 2.66. The summed E-state index contributed by atoms with van der Waals surface area (Å²) in [4.78, 5) is 0. The van der Waals surface area contributed by atoms with Crippen molar-refractivity contribution in [3.63, 3.8) is 0 Å². The highest BCUT2D eigenvalue weighted by molar-refractivity contribution is 5.32. The summed E-state index contributed by atoms with van der Waals surface area (Å²) < 4.78 is 0. The molecule has 0 heterocycles. The van der Waals surface area contributed by atoms with Gasteiger partial charge in [0, 0.05) is 0 Å². The average Bonchev–Trinajstić information content (AvgIpc) is 2.46. The lowest BCUT2D eigenvalue weighted by Crippen LogP contribution is -2.10. The summed E-state index contributed by atoms with van der Waals surface area (Å²) in [6.45, 7) is 0. The van der Waals surface area contributed by atoms with Gasteiger partial charge >= 0.3 is 0 Å². The van der Waals surface area contributed by atoms with Gasteiger partial charge < -0.3 is 0 Å². The van der Waals surface area contributed by atoms with Crippen molar-refractivity contribution in [3.8, 4) is 0 Å². The van der Waals surface area contributed by atoms with E-state index in [-0.39, 0.29) is 0 Å². The number of hydrogen-bond acceptors (Lipinski definition) is 0. The van der Waals surface area contributed by atoms with E-state index in [4.69, 9.17) is 0 Å². The predicted molar refractivity (Wildman–Crippen MR) is 74.0 cm³/mol. The first-order chi connectivity index (χ1) is 8.43. The summed E-state index contributed by atoms with van der Waals surface area (Å²) in [5, 5.41) is 0. The molecular weight excluding hydrogens is 204 g/mol. The van der Waals surface area contributed by atoms with Crippen molar-refractivity contribution in [2.45, 2.75) is 77.0 Å². The molecule has 0 aromatic rings. The first-order valence-electron chi connectivity index (χ1n) is 7.85. The highest BCUT2D eigenvalue weighted by atomic mass is 14.3. The van der Waals surface area contributed by atoms with Gasteiger partial charge in [-0.1, -0.05) is 30.1 Å². The zero-order chi connectivity index (χ0) is 11.5. The largest absolute Gasteiger partial charge is 0.0670 e. The molecule has 3 aliphatic carbocycles. The third-order valence-corrected chi connectivity index (χ3v) is 5.06. The lowest BCUT2D eigenvalue weighted by Gasteiger charge is -2.26. The van der Waals surface area contributed by atoms with Crippen molar-refractivity contribution in [2.24, 2.45) is 5.92 Å². The van der Waals surface area contributed by atoms with Gasteiger partial charge in [0.05, 0.1) is 0 Å². The van der Waals surface area contributed by atoms with Gasteiger partial charge in [-0.25, -0.2) is 0 Å². The minimum absolute atomic E-state index is 0.956. The van der Waals surface area contributed by atoms with E-state index < -0.39 is 0 Å². The van der Waals surface area contributed by atoms with Crippen LogP contribution in [0, 0.1) is 5.92 Å². The van der Waals surface area contributed by atoms with Crippen LogP contribution in [0.3, 0.4) is 0 Å². The van der Waals surface area contributed by atoms with E-state index in [1.807, 2.05) is 11.1 Å². The molecule has 1 fully saturated rings. The Balaban J connectivity index is 1.89. The van der Waals surface area contributed by atoms with Crippen LogP contribution in [0.1, 0.15) is 77.0 Å². The van der Waals surface area contributed by atoms with E-state index in [2.05, 4.69) is 6.08 Å². The molecule has 3 rings (SSSR count). The number of allylic oxidation sites excluding steroid dienone is 4. The molecule has 0 aliphatic heterocycles. The van der Waals surface area contributed by atoms with Crippen LogP contribution in [0.4, 0.5) is 0 Å². The summed E-state index contributed by atoms with van der Waals surface area (Å²) in [6.07, 6.45) is 20.0. The van der Waals surface area contributed by atoms with Gasteiger partial charge in [-0.15, -0.1) is 0 Å². The molecule has 0 radical (unpaired) electrons. The third-order valence-electron chi connectivity index (χ3n) is 5.06. The van der Waals surface area contributed by atoms with E-state index in [1.165, 1.54) is 77.0 Å². The molecule has 1 atom stereocenters. The molecule has 0 nitrogen and oxygen atoms in total. The molecule has 3 aliphatic rings. The summed E-state index contributed by atoms with van der Waals surface area (Å²) >= 11 is 0. The summed E-state index contributed by atoms with van der Waals surface area (Å²) in [7, 11) is 0. The standard InChI is InChI=1S/C17H26/c1-2-8-15-10-4-6-12-17(15)13-16-11-5-3-9-14(16)7-1/h13-14H,1-12H2. The van der Waals surface area contributed by atoms with Crippen LogP contribution in [0.25, 0.3) is 0 Å². The van der Waals surface area contributed by atoms with Gasteiger partial charge in [0.1, 0.15) is 0 Å². The molecule has 1 saturated carbocycles. The van der Waals surface area contributed by atoms with Crippen LogP contribution in [-0.4, -0.2) is 0 Å². The molecule has 0 aromatic carbocycles. The van der Waals surface area contributed by atoms with Gasteiger partial charge in [-0.3, -0.25) is 0 Å². The molecule has 0 bridgehead atoms. The van der Waals surface area contributed by atoms with Gasteiger partial charge in [0.25, 0.3) is 0 Å². The van der Waals surface area contributed by atoms with Crippen molar-refractivity contribution < 1.29 is 0 Å². The lowest BCUT2D eigenvalue weighted by molar-refractivity contribution is 0.414. The van der Waals surface area contributed by atoms with Gasteiger partial charge in [-0.05, 0) is 75.7 Å². The SMILES string of the molecule is C1=C2CCCCC2CCCCC2=C1CCCC2. The summed E-state index contributed by atoms with van der Waals surface area (Å²) in [5.41, 5.74) is 5.42. The molecule has 0 saturated heterocycles. The Labute approximate surface area is 106 Å². The Morgan fingerprint density at radius 1 is 0.706 bits per heavy atom. The van der Waals surface area contributed by atoms with Gasteiger partial charge in [0.15, 0.2) is 0 Å². The van der Waals surface area contributed by atoms with E-state index >= 15 is 0 Å². The Morgan fingerprint density at radius 3 is 2.18 bits per heavy atom. The van der Waals surface area contributed by atoms with Crippen LogP contribution >= 0.6 is 0 Å². The van der Waals surface area contributed by atoms with Crippen molar-refractivity contribution in [2.75, 3.05) is 0 Å². The Kier molecular flexibility index (Phi) is 3.68. The van der Waals surface area contributed by atoms with Crippen molar-refractivity contribution >= 4 is 0 Å². The normalized spacial score (nSPS) is 30.6. The van der Waals surface area contributed by atoms with Crippen LogP contribution in [0.5, 0.6) is 0 Å². The highest BCUT2D eigenvalue weighted by Crippen LogP contribution is 2.38. The zero-order valence-corrected chi connectivity index (χ0v) is 11.1. The second-order valence-electron chi connectivity index (χ2n) is 6.24. The molecule has 0 heteroatoms. The number of hydrogen-bond donors (Lipinski definition) is 0. The maximum Gasteiger partial charge on any atom is -0.0200 e. The van der Waals surface area contributed by atoms with Gasteiger partial charge in [-0.2, -0.15) is 0 Å². The van der Waals surface area contributed by atoms with Crippen molar-refractivity contribution in [3.05, 3.63) is 22.8 Å². The molecule has 0 aromatic heterocycles. The van der Waals surface area contributed by atoms with Crippen LogP contribution in [0.15, 0.2) is 22.8 Å². The predicted octanol–water partition coefficient (Wildman–Crippen LogP) is 5.55. The first kappa shape index (κ1) is 11.6. The fourth-order valence-electron chi connectivity index (χ4n) is 4.03. The Hall–Kier alpha value is -0.520. The maximum atomic E-state index is 2.66. The van der Waals surface area contributed by atoms with Gasteiger partial charge in [0.2, 0.25) is 0 Å². The monoisotopic (exact) mass is 230 g/mol. The molecule has 0 N–H and O–H groups in total. The first-order valence-corrected chi connectivity index (χ1v) is 7.85. The van der Waals surface area contributed by atoms with E-state index in [0.717, 1.165) is 5.92 Å². The van der Waals surface area contributed by atoms with Crippen molar-refractivity contribution in [1.29, 1.82) is 0 Å². The van der Waals surface area contributed by atoms with Crippen LogP contribution in [0.2, 0.25) is 0 Å². The zero-order valence-electron chi connectivity index (χ0n) is 11.1. The third kappa shape index (κ3) is 2.67. The second-order valence-corrected chi connectivity index (χ2v) is 6.24. The van der Waals surface area contributed by atoms with Crippen LogP contribution < -0.4 is 0 Å². The smallest absolute Gasteiger partial charge is 0.0200 e. The molecular formula is C17H26. The summed E-state index contributed by atoms with van der Waals surface area (Å²) in [5.74, 6) is 0.956. The van der Waals surface area contributed by atoms with E-state index in [9.17, 15) is 0 Å².